The van der Waals surface area contributed by atoms with Crippen LogP contribution in [0.3, 0.4) is 0 Å². The molecule has 212 valence electrons. The van der Waals surface area contributed by atoms with Crippen molar-refractivity contribution in [1.82, 2.24) is 9.13 Å². The highest BCUT2D eigenvalue weighted by Gasteiger charge is 2.36. The number of esters is 1. The number of halogens is 1. The first-order chi connectivity index (χ1) is 19.8. The Hall–Kier alpha value is -3.88. The van der Waals surface area contributed by atoms with Crippen LogP contribution in [0.5, 0.6) is 5.75 Å². The Labute approximate surface area is 247 Å². The molecule has 0 aliphatic carbocycles. The van der Waals surface area contributed by atoms with Crippen molar-refractivity contribution in [3.63, 3.8) is 0 Å². The van der Waals surface area contributed by atoms with Gasteiger partial charge in [-0.1, -0.05) is 60.6 Å². The van der Waals surface area contributed by atoms with Gasteiger partial charge in [-0.05, 0) is 50.6 Å². The lowest BCUT2D eigenvalue weighted by atomic mass is 9.93. The van der Waals surface area contributed by atoms with Crippen molar-refractivity contribution in [1.29, 1.82) is 0 Å². The number of ether oxygens (including phenoxy) is 2. The van der Waals surface area contributed by atoms with Gasteiger partial charge in [-0.3, -0.25) is 9.36 Å². The van der Waals surface area contributed by atoms with Crippen molar-refractivity contribution < 1.29 is 14.3 Å². The minimum atomic E-state index is -0.814. The molecule has 0 saturated carbocycles. The van der Waals surface area contributed by atoms with Crippen LogP contribution in [0.2, 0.25) is 5.02 Å². The Morgan fingerprint density at radius 1 is 1.22 bits per heavy atom. The quantitative estimate of drug-likeness (QED) is 0.186. The number of benzene rings is 2. The molecular formula is C32H32ClN3O4S. The molecule has 1 aliphatic heterocycles. The maximum absolute atomic E-state index is 14.3. The second-order valence-electron chi connectivity index (χ2n) is 9.72. The van der Waals surface area contributed by atoms with E-state index in [0.29, 0.717) is 49.9 Å². The monoisotopic (exact) mass is 589 g/mol. The topological polar surface area (TPSA) is 74.8 Å². The van der Waals surface area contributed by atoms with Gasteiger partial charge < -0.3 is 14.0 Å². The van der Waals surface area contributed by atoms with Gasteiger partial charge in [-0.2, -0.15) is 0 Å². The van der Waals surface area contributed by atoms with Crippen LogP contribution in [0.15, 0.2) is 76.2 Å². The number of rotatable bonds is 9. The summed E-state index contributed by atoms with van der Waals surface area (Å²) in [6.45, 7) is 10.6. The summed E-state index contributed by atoms with van der Waals surface area (Å²) in [6.07, 6.45) is 5.10. The van der Waals surface area contributed by atoms with Gasteiger partial charge in [0.1, 0.15) is 11.8 Å². The molecule has 1 aliphatic rings. The molecule has 0 radical (unpaired) electrons. The summed E-state index contributed by atoms with van der Waals surface area (Å²) >= 11 is 7.76. The lowest BCUT2D eigenvalue weighted by molar-refractivity contribution is -0.139. The van der Waals surface area contributed by atoms with Gasteiger partial charge in [0.2, 0.25) is 0 Å². The van der Waals surface area contributed by atoms with Crippen LogP contribution in [-0.2, 0) is 16.1 Å². The van der Waals surface area contributed by atoms with Crippen molar-refractivity contribution in [2.45, 2.75) is 46.2 Å². The molecule has 5 rings (SSSR count). The zero-order valence-electron chi connectivity index (χ0n) is 23.6. The Kier molecular flexibility index (Phi) is 8.33. The smallest absolute Gasteiger partial charge is 0.338 e. The van der Waals surface area contributed by atoms with E-state index in [0.717, 1.165) is 28.6 Å². The molecular weight excluding hydrogens is 558 g/mol. The summed E-state index contributed by atoms with van der Waals surface area (Å²) in [6, 6.07) is 12.5. The van der Waals surface area contributed by atoms with Crippen LogP contribution >= 0.6 is 22.9 Å². The molecule has 3 heterocycles. The molecule has 2 aromatic heterocycles. The average Bonchev–Trinajstić information content (AvgIpc) is 3.41. The lowest BCUT2D eigenvalue weighted by Crippen LogP contribution is -2.40. The number of nitrogens with zero attached hydrogens (tertiary/aromatic N) is 3. The second kappa shape index (κ2) is 11.9. The number of allylic oxidation sites excluding steroid dienone is 2. The van der Waals surface area contributed by atoms with E-state index in [4.69, 9.17) is 26.1 Å². The van der Waals surface area contributed by atoms with Gasteiger partial charge in [0.25, 0.3) is 5.56 Å². The summed E-state index contributed by atoms with van der Waals surface area (Å²) < 4.78 is 15.5. The molecule has 4 aromatic rings. The number of thiazole rings is 1. The van der Waals surface area contributed by atoms with E-state index >= 15 is 0 Å². The van der Waals surface area contributed by atoms with E-state index in [2.05, 4.69) is 23.3 Å². The predicted molar refractivity (Wildman–Crippen MR) is 165 cm³/mol. The summed E-state index contributed by atoms with van der Waals surface area (Å²) in [4.78, 5) is 33.1. The van der Waals surface area contributed by atoms with E-state index in [-0.39, 0.29) is 12.2 Å². The summed E-state index contributed by atoms with van der Waals surface area (Å²) in [5.41, 5.74) is 4.33. The second-order valence-corrected chi connectivity index (χ2v) is 11.2. The Morgan fingerprint density at radius 3 is 2.71 bits per heavy atom. The van der Waals surface area contributed by atoms with Crippen molar-refractivity contribution in [2.24, 2.45) is 4.99 Å². The molecule has 0 fully saturated rings. The third-order valence-corrected chi connectivity index (χ3v) is 8.46. The fraction of sp³-hybridized carbons (Fsp3) is 0.281. The number of carbonyl (C=O) groups excluding carboxylic acids is 1. The highest BCUT2D eigenvalue weighted by molar-refractivity contribution is 7.07. The highest BCUT2D eigenvalue weighted by atomic mass is 35.5. The fourth-order valence-corrected chi connectivity index (χ4v) is 6.65. The van der Waals surface area contributed by atoms with Gasteiger partial charge >= 0.3 is 5.97 Å². The molecule has 1 atom stereocenters. The van der Waals surface area contributed by atoms with Gasteiger partial charge in [0.05, 0.1) is 29.5 Å². The lowest BCUT2D eigenvalue weighted by Gasteiger charge is -2.27. The van der Waals surface area contributed by atoms with E-state index in [9.17, 15) is 9.59 Å². The Morgan fingerprint density at radius 2 is 2.00 bits per heavy atom. The number of fused-ring (bicyclic) bond motifs is 2. The van der Waals surface area contributed by atoms with E-state index in [1.807, 2.05) is 38.1 Å². The van der Waals surface area contributed by atoms with Crippen LogP contribution < -0.4 is 19.6 Å². The highest BCUT2D eigenvalue weighted by Crippen LogP contribution is 2.38. The maximum atomic E-state index is 14.3. The first-order valence-corrected chi connectivity index (χ1v) is 14.8. The van der Waals surface area contributed by atoms with Crippen LogP contribution in [0.1, 0.15) is 49.6 Å². The zero-order chi connectivity index (χ0) is 29.3. The Balaban J connectivity index is 1.84. The standard InChI is InChI=1S/C32H32ClN3O4S/c1-6-11-24-28(31(38)40-8-3)29(23-17-20(33)14-15-26(23)39-5)36-30(37)27(41-32(36)34-24)18-22-19(4)35(16-7-2)25-13-10-9-12-21(22)25/h7,9-10,12-15,17-18,29H,2,6,8,11,16H2,1,3-5H3/b27-18+/t29-/m1/s1. The number of para-hydroxylation sites is 1. The molecule has 7 nitrogen and oxygen atoms in total. The summed E-state index contributed by atoms with van der Waals surface area (Å²) in [5.74, 6) is 0.00112. The van der Waals surface area contributed by atoms with Crippen molar-refractivity contribution in [3.8, 4) is 5.75 Å². The molecule has 0 N–H and O–H groups in total. The summed E-state index contributed by atoms with van der Waals surface area (Å²) in [7, 11) is 1.55. The van der Waals surface area contributed by atoms with Crippen molar-refractivity contribution in [3.05, 3.63) is 108 Å². The molecule has 0 bridgehead atoms. The third-order valence-electron chi connectivity index (χ3n) is 7.25. The van der Waals surface area contributed by atoms with E-state index < -0.39 is 12.0 Å². The van der Waals surface area contributed by atoms with Gasteiger partial charge in [0.15, 0.2) is 4.80 Å². The largest absolute Gasteiger partial charge is 0.496 e. The average molecular weight is 590 g/mol. The number of hydrogen-bond acceptors (Lipinski definition) is 6. The number of hydrogen-bond donors (Lipinski definition) is 0. The first-order valence-electron chi connectivity index (χ1n) is 13.6. The van der Waals surface area contributed by atoms with Crippen LogP contribution in [-0.4, -0.2) is 28.8 Å². The summed E-state index contributed by atoms with van der Waals surface area (Å²) in [5, 5.41) is 1.51. The van der Waals surface area contributed by atoms with Crippen molar-refractivity contribution in [2.75, 3.05) is 13.7 Å². The Bertz CT molecular complexity index is 1880. The van der Waals surface area contributed by atoms with Gasteiger partial charge in [-0.25, -0.2) is 9.79 Å². The fourth-order valence-electron chi connectivity index (χ4n) is 5.47. The van der Waals surface area contributed by atoms with E-state index in [1.165, 1.54) is 11.3 Å². The van der Waals surface area contributed by atoms with Crippen molar-refractivity contribution >= 4 is 45.9 Å². The SMILES string of the molecule is C=CCn1c(C)c(/C=c2/sc3n(c2=O)[C@H](c2cc(Cl)ccc2OC)C(C(=O)OCC)=C(CCC)N=3)c2ccccc21. The number of methoxy groups -OCH3 is 1. The predicted octanol–water partition coefficient (Wildman–Crippen LogP) is 5.69. The van der Waals surface area contributed by atoms with E-state index in [1.54, 1.807) is 36.8 Å². The zero-order valence-corrected chi connectivity index (χ0v) is 25.1. The molecule has 41 heavy (non-hydrogen) atoms. The van der Waals surface area contributed by atoms with Gasteiger partial charge in [0, 0.05) is 39.3 Å². The van der Waals surface area contributed by atoms with Crippen LogP contribution in [0, 0.1) is 6.92 Å². The molecule has 0 unspecified atom stereocenters. The molecule has 0 amide bonds. The number of carbonyl (C=O) groups is 1. The molecule has 2 aromatic carbocycles. The third kappa shape index (κ3) is 5.06. The normalized spacial score (nSPS) is 15.1. The number of aromatic nitrogens is 2. The molecule has 0 spiro atoms. The molecule has 9 heteroatoms. The van der Waals surface area contributed by atoms with Crippen LogP contribution in [0.25, 0.3) is 17.0 Å². The molecule has 0 saturated heterocycles. The first kappa shape index (κ1) is 28.6. The minimum absolute atomic E-state index is 0.194. The minimum Gasteiger partial charge on any atom is -0.496 e. The maximum Gasteiger partial charge on any atom is 0.338 e. The van der Waals surface area contributed by atoms with Gasteiger partial charge in [-0.15, -0.1) is 6.58 Å². The van der Waals surface area contributed by atoms with Crippen LogP contribution in [0.4, 0.5) is 0 Å².